The Balaban J connectivity index is 2.09. The minimum atomic E-state index is -1.97. The molecule has 1 atom stereocenters. The van der Waals surface area contributed by atoms with E-state index in [1.54, 1.807) is 12.1 Å². The highest BCUT2D eigenvalue weighted by Crippen LogP contribution is 2.37. The molecule has 170 valence electrons. The van der Waals surface area contributed by atoms with Crippen molar-refractivity contribution in [3.8, 4) is 5.75 Å². The Labute approximate surface area is 186 Å². The van der Waals surface area contributed by atoms with Gasteiger partial charge >= 0.3 is 6.09 Å². The van der Waals surface area contributed by atoms with E-state index in [2.05, 4.69) is 39.2 Å². The molecule has 0 bridgehead atoms. The van der Waals surface area contributed by atoms with Crippen molar-refractivity contribution in [1.29, 1.82) is 0 Å². The third kappa shape index (κ3) is 7.36. The minimum absolute atomic E-state index is 0.0617. The van der Waals surface area contributed by atoms with E-state index in [4.69, 9.17) is 13.9 Å². The Morgan fingerprint density at radius 3 is 2.39 bits per heavy atom. The number of alkyl carbamates (subject to hydrolysis) is 1. The van der Waals surface area contributed by atoms with E-state index >= 15 is 0 Å². The number of ether oxygens (including phenoxy) is 2. The van der Waals surface area contributed by atoms with Crippen LogP contribution in [0.4, 0.5) is 9.18 Å². The van der Waals surface area contributed by atoms with Crippen LogP contribution in [0, 0.1) is 5.82 Å². The van der Waals surface area contributed by atoms with E-state index in [-0.39, 0.29) is 30.2 Å². The van der Waals surface area contributed by atoms with E-state index in [0.29, 0.717) is 17.7 Å². The molecule has 0 aliphatic heterocycles. The van der Waals surface area contributed by atoms with Gasteiger partial charge in [0.1, 0.15) is 17.7 Å². The monoisotopic (exact) mass is 447 g/mol. The van der Waals surface area contributed by atoms with E-state index in [1.807, 2.05) is 30.3 Å². The molecule has 0 saturated carbocycles. The first-order valence-corrected chi connectivity index (χ1v) is 13.4. The molecule has 0 aromatic heterocycles. The lowest BCUT2D eigenvalue weighted by Gasteiger charge is -2.36. The molecule has 1 unspecified atom stereocenters. The first-order valence-electron chi connectivity index (χ1n) is 10.5. The molecular weight excluding hydrogens is 413 g/mol. The molecule has 2 aromatic rings. The number of hydrogen-bond acceptors (Lipinski definition) is 4. The SMILES string of the molecule is CNC(=O)OCCC(Oc1ccc(CO[Si](C)(C)C(C)(C)C)c(F)c1)c1ccccc1. The van der Waals surface area contributed by atoms with E-state index in [9.17, 15) is 9.18 Å². The van der Waals surface area contributed by atoms with Crippen molar-refractivity contribution in [2.45, 2.75) is 58.0 Å². The third-order valence-electron chi connectivity index (χ3n) is 5.69. The van der Waals surface area contributed by atoms with Gasteiger partial charge in [0.2, 0.25) is 0 Å². The van der Waals surface area contributed by atoms with Gasteiger partial charge in [-0.15, -0.1) is 0 Å². The highest BCUT2D eigenvalue weighted by atomic mass is 28.4. The Kier molecular flexibility index (Phi) is 8.65. The molecular formula is C24H34FNO4Si. The maximum Gasteiger partial charge on any atom is 0.406 e. The Hall–Kier alpha value is -2.38. The van der Waals surface area contributed by atoms with Crippen LogP contribution in [-0.4, -0.2) is 28.1 Å². The number of nitrogens with one attached hydrogen (secondary N) is 1. The van der Waals surface area contributed by atoms with Gasteiger partial charge in [-0.1, -0.05) is 57.2 Å². The van der Waals surface area contributed by atoms with Crippen molar-refractivity contribution in [3.05, 3.63) is 65.5 Å². The quantitative estimate of drug-likeness (QED) is 0.464. The predicted octanol–water partition coefficient (Wildman–Crippen LogP) is 6.21. The van der Waals surface area contributed by atoms with Crippen molar-refractivity contribution in [3.63, 3.8) is 0 Å². The Bertz CT molecular complexity index is 852. The van der Waals surface area contributed by atoms with Crippen LogP contribution in [0.2, 0.25) is 18.1 Å². The van der Waals surface area contributed by atoms with Crippen LogP contribution in [0.5, 0.6) is 5.75 Å². The third-order valence-corrected chi connectivity index (χ3v) is 10.2. The lowest BCUT2D eigenvalue weighted by molar-refractivity contribution is 0.117. The predicted molar refractivity (Wildman–Crippen MR) is 123 cm³/mol. The summed E-state index contributed by atoms with van der Waals surface area (Å²) in [6.45, 7) is 11.2. The second-order valence-corrected chi connectivity index (χ2v) is 13.8. The van der Waals surface area contributed by atoms with Crippen molar-refractivity contribution < 1.29 is 23.1 Å². The fourth-order valence-corrected chi connectivity index (χ4v) is 3.60. The fourth-order valence-electron chi connectivity index (χ4n) is 2.65. The zero-order chi connectivity index (χ0) is 23.1. The number of carbonyl (C=O) groups excluding carboxylic acids is 1. The topological polar surface area (TPSA) is 56.8 Å². The first kappa shape index (κ1) is 24.9. The van der Waals surface area contributed by atoms with Gasteiger partial charge in [0.25, 0.3) is 0 Å². The molecule has 0 aliphatic carbocycles. The van der Waals surface area contributed by atoms with Gasteiger partial charge in [-0.3, -0.25) is 0 Å². The summed E-state index contributed by atoms with van der Waals surface area (Å²) in [5, 5.41) is 2.47. The lowest BCUT2D eigenvalue weighted by Crippen LogP contribution is -2.40. The zero-order valence-electron chi connectivity index (χ0n) is 19.3. The van der Waals surface area contributed by atoms with Crippen LogP contribution < -0.4 is 10.1 Å². The first-order chi connectivity index (χ1) is 14.5. The van der Waals surface area contributed by atoms with E-state index in [1.165, 1.54) is 13.1 Å². The van der Waals surface area contributed by atoms with E-state index < -0.39 is 14.4 Å². The normalized spacial score (nSPS) is 12.9. The van der Waals surface area contributed by atoms with Gasteiger partial charge in [-0.2, -0.15) is 0 Å². The van der Waals surface area contributed by atoms with Crippen molar-refractivity contribution in [2.75, 3.05) is 13.7 Å². The molecule has 2 aromatic carbocycles. The summed E-state index contributed by atoms with van der Waals surface area (Å²) in [6, 6.07) is 14.5. The second kappa shape index (κ2) is 10.8. The highest BCUT2D eigenvalue weighted by molar-refractivity contribution is 6.74. The van der Waals surface area contributed by atoms with Crippen LogP contribution in [0.3, 0.4) is 0 Å². The molecule has 0 aliphatic rings. The molecule has 2 rings (SSSR count). The number of hydrogen-bond donors (Lipinski definition) is 1. The summed E-state index contributed by atoms with van der Waals surface area (Å²) < 4.78 is 32.1. The lowest BCUT2D eigenvalue weighted by atomic mass is 10.1. The summed E-state index contributed by atoms with van der Waals surface area (Å²) >= 11 is 0. The van der Waals surface area contributed by atoms with Gasteiger partial charge in [0.15, 0.2) is 8.32 Å². The van der Waals surface area contributed by atoms with Gasteiger partial charge in [-0.25, -0.2) is 9.18 Å². The number of halogens is 1. The molecule has 0 heterocycles. The number of amides is 1. The molecule has 0 spiro atoms. The molecule has 0 fully saturated rings. The Morgan fingerprint density at radius 2 is 1.81 bits per heavy atom. The Morgan fingerprint density at radius 1 is 1.13 bits per heavy atom. The van der Waals surface area contributed by atoms with Crippen LogP contribution in [0.25, 0.3) is 0 Å². The maximum atomic E-state index is 14.8. The summed E-state index contributed by atoms with van der Waals surface area (Å²) in [5.74, 6) is 0.0620. The summed E-state index contributed by atoms with van der Waals surface area (Å²) in [4.78, 5) is 11.3. The summed E-state index contributed by atoms with van der Waals surface area (Å²) in [6.07, 6.45) is -0.432. The molecule has 0 saturated heterocycles. The highest BCUT2D eigenvalue weighted by Gasteiger charge is 2.37. The van der Waals surface area contributed by atoms with Gasteiger partial charge in [0.05, 0.1) is 13.2 Å². The number of benzene rings is 2. The van der Waals surface area contributed by atoms with Gasteiger partial charge in [0, 0.05) is 25.1 Å². The van der Waals surface area contributed by atoms with Crippen molar-refractivity contribution in [2.24, 2.45) is 0 Å². The summed E-state index contributed by atoms with van der Waals surface area (Å²) in [7, 11) is -0.460. The largest absolute Gasteiger partial charge is 0.485 e. The smallest absolute Gasteiger partial charge is 0.406 e. The standard InChI is InChI=1S/C24H34FNO4Si/c1-24(2,3)31(5,6)29-17-19-12-13-20(16-21(19)25)30-22(14-15-28-23(27)26-4)18-10-8-7-9-11-18/h7-13,16,22H,14-15,17H2,1-6H3,(H,26,27). The average molecular weight is 448 g/mol. The van der Waals surface area contributed by atoms with Crippen LogP contribution in [0.1, 0.15) is 44.4 Å². The number of carbonyl (C=O) groups is 1. The number of rotatable bonds is 9. The minimum Gasteiger partial charge on any atom is -0.485 e. The van der Waals surface area contributed by atoms with Crippen LogP contribution in [0.15, 0.2) is 48.5 Å². The van der Waals surface area contributed by atoms with Gasteiger partial charge < -0.3 is 19.2 Å². The van der Waals surface area contributed by atoms with Gasteiger partial charge in [-0.05, 0) is 29.8 Å². The van der Waals surface area contributed by atoms with Crippen molar-refractivity contribution >= 4 is 14.4 Å². The molecule has 1 N–H and O–H groups in total. The van der Waals surface area contributed by atoms with E-state index in [0.717, 1.165) is 5.56 Å². The van der Waals surface area contributed by atoms with Crippen LogP contribution in [-0.2, 0) is 15.8 Å². The second-order valence-electron chi connectivity index (χ2n) is 8.99. The van der Waals surface area contributed by atoms with Crippen LogP contribution >= 0.6 is 0 Å². The maximum absolute atomic E-state index is 14.8. The zero-order valence-corrected chi connectivity index (χ0v) is 20.3. The average Bonchev–Trinajstić information content (AvgIpc) is 2.72. The molecule has 5 nitrogen and oxygen atoms in total. The summed E-state index contributed by atoms with van der Waals surface area (Å²) in [5.41, 5.74) is 1.44. The molecule has 1 amide bonds. The van der Waals surface area contributed by atoms with Crippen molar-refractivity contribution in [1.82, 2.24) is 5.32 Å². The molecule has 7 heteroatoms. The molecule has 31 heavy (non-hydrogen) atoms. The fraction of sp³-hybridized carbons (Fsp3) is 0.458. The molecule has 0 radical (unpaired) electrons.